The maximum absolute atomic E-state index is 10.8. The fourth-order valence-electron chi connectivity index (χ4n) is 3.71. The van der Waals surface area contributed by atoms with E-state index in [4.69, 9.17) is 4.98 Å². The topological polar surface area (TPSA) is 53.4 Å². The summed E-state index contributed by atoms with van der Waals surface area (Å²) in [4.78, 5) is 4.76. The van der Waals surface area contributed by atoms with E-state index in [9.17, 15) is 10.2 Å². The molecule has 0 atom stereocenters. The van der Waals surface area contributed by atoms with E-state index < -0.39 is 0 Å². The summed E-state index contributed by atoms with van der Waals surface area (Å²) in [6.07, 6.45) is 0. The van der Waals surface area contributed by atoms with Crippen LogP contribution in [0.4, 0.5) is 0 Å². The molecule has 0 saturated carbocycles. The van der Waals surface area contributed by atoms with Crippen LogP contribution in [0.3, 0.4) is 0 Å². The Morgan fingerprint density at radius 2 is 1.00 bits per heavy atom. The van der Waals surface area contributed by atoms with Crippen LogP contribution in [0.2, 0.25) is 0 Å². The average molecular weight is 337 g/mol. The summed E-state index contributed by atoms with van der Waals surface area (Å²) in [5.41, 5.74) is 3.39. The number of phenols is 2. The van der Waals surface area contributed by atoms with Gasteiger partial charge in [0.15, 0.2) is 0 Å². The zero-order chi connectivity index (χ0) is 17.7. The van der Waals surface area contributed by atoms with E-state index >= 15 is 0 Å². The number of pyridine rings is 1. The average Bonchev–Trinajstić information content (AvgIpc) is 2.67. The number of rotatable bonds is 1. The number of nitrogens with zero attached hydrogens (tertiary/aromatic N) is 1. The van der Waals surface area contributed by atoms with Gasteiger partial charge in [-0.15, -0.1) is 0 Å². The molecule has 0 spiro atoms. The van der Waals surface area contributed by atoms with Crippen molar-refractivity contribution in [3.8, 4) is 22.6 Å². The van der Waals surface area contributed by atoms with Crippen molar-refractivity contribution in [2.75, 3.05) is 0 Å². The molecular formula is C23H15NO2. The Kier molecular flexibility index (Phi) is 3.09. The quantitative estimate of drug-likeness (QED) is 0.390. The number of fused-ring (bicyclic) bond motifs is 3. The molecule has 0 aliphatic rings. The van der Waals surface area contributed by atoms with E-state index in [2.05, 4.69) is 0 Å². The Morgan fingerprint density at radius 3 is 1.62 bits per heavy atom. The second-order valence-corrected chi connectivity index (χ2v) is 6.36. The number of aromatic hydroxyl groups is 2. The van der Waals surface area contributed by atoms with E-state index in [1.54, 1.807) is 0 Å². The van der Waals surface area contributed by atoms with Gasteiger partial charge in [-0.05, 0) is 17.5 Å². The minimum absolute atomic E-state index is 0.0581. The van der Waals surface area contributed by atoms with Gasteiger partial charge in [0.25, 0.3) is 0 Å². The smallest absolute Gasteiger partial charge is 0.127 e. The fourth-order valence-corrected chi connectivity index (χ4v) is 3.71. The number of hydrogen-bond donors (Lipinski definition) is 2. The van der Waals surface area contributed by atoms with Crippen LogP contribution >= 0.6 is 0 Å². The van der Waals surface area contributed by atoms with Gasteiger partial charge in [0.1, 0.15) is 11.5 Å². The predicted molar refractivity (Wildman–Crippen MR) is 106 cm³/mol. The third kappa shape index (κ3) is 2.04. The maximum Gasteiger partial charge on any atom is 0.127 e. The number of aromatic nitrogens is 1. The molecule has 1 aromatic heterocycles. The first-order chi connectivity index (χ1) is 12.7. The van der Waals surface area contributed by atoms with Crippen LogP contribution < -0.4 is 0 Å². The highest BCUT2D eigenvalue weighted by atomic mass is 16.3. The van der Waals surface area contributed by atoms with E-state index in [0.717, 1.165) is 32.8 Å². The first-order valence-electron chi connectivity index (χ1n) is 8.45. The molecule has 0 bridgehead atoms. The summed E-state index contributed by atoms with van der Waals surface area (Å²) in [5.74, 6) is 0.132. The molecule has 0 radical (unpaired) electrons. The van der Waals surface area contributed by atoms with E-state index in [1.807, 2.05) is 72.8 Å². The normalized spacial score (nSPS) is 11.4. The van der Waals surface area contributed by atoms with Crippen molar-refractivity contribution < 1.29 is 10.2 Å². The van der Waals surface area contributed by atoms with Gasteiger partial charge in [-0.3, -0.25) is 0 Å². The lowest BCUT2D eigenvalue weighted by Crippen LogP contribution is -1.91. The van der Waals surface area contributed by atoms with Gasteiger partial charge in [0.05, 0.1) is 11.0 Å². The lowest BCUT2D eigenvalue weighted by molar-refractivity contribution is 0.456. The maximum atomic E-state index is 10.8. The molecule has 0 unspecified atom stereocenters. The highest BCUT2D eigenvalue weighted by molar-refractivity contribution is 6.16. The first kappa shape index (κ1) is 14.7. The molecule has 0 saturated heterocycles. The molecule has 3 nitrogen and oxygen atoms in total. The van der Waals surface area contributed by atoms with Crippen molar-refractivity contribution in [3.63, 3.8) is 0 Å². The van der Waals surface area contributed by atoms with Gasteiger partial charge in [0.2, 0.25) is 0 Å². The number of para-hydroxylation sites is 2. The molecule has 0 aliphatic heterocycles. The number of benzene rings is 4. The van der Waals surface area contributed by atoms with E-state index in [1.165, 1.54) is 6.07 Å². The first-order valence-corrected chi connectivity index (χ1v) is 8.45. The second kappa shape index (κ2) is 5.46. The second-order valence-electron chi connectivity index (χ2n) is 6.36. The van der Waals surface area contributed by atoms with Crippen molar-refractivity contribution in [1.82, 2.24) is 4.98 Å². The van der Waals surface area contributed by atoms with Gasteiger partial charge in [0, 0.05) is 33.4 Å². The summed E-state index contributed by atoms with van der Waals surface area (Å²) in [5, 5.41) is 24.5. The van der Waals surface area contributed by atoms with Gasteiger partial charge in [-0.25, -0.2) is 4.98 Å². The molecule has 4 aromatic carbocycles. The Bertz CT molecular complexity index is 1250. The van der Waals surface area contributed by atoms with Crippen LogP contribution in [0, 0.1) is 0 Å². The van der Waals surface area contributed by atoms with Crippen molar-refractivity contribution in [2.24, 2.45) is 0 Å². The Labute approximate surface area is 149 Å². The summed E-state index contributed by atoms with van der Waals surface area (Å²) >= 11 is 0. The van der Waals surface area contributed by atoms with Gasteiger partial charge in [-0.2, -0.15) is 0 Å². The third-order valence-electron chi connectivity index (χ3n) is 4.84. The Morgan fingerprint density at radius 1 is 0.500 bits per heavy atom. The molecule has 0 fully saturated rings. The largest absolute Gasteiger partial charge is 0.507 e. The molecule has 26 heavy (non-hydrogen) atoms. The van der Waals surface area contributed by atoms with Crippen molar-refractivity contribution in [1.29, 1.82) is 0 Å². The monoisotopic (exact) mass is 337 g/mol. The molecule has 5 rings (SSSR count). The van der Waals surface area contributed by atoms with Crippen LogP contribution in [0.5, 0.6) is 11.5 Å². The zero-order valence-electron chi connectivity index (χ0n) is 13.8. The van der Waals surface area contributed by atoms with Crippen molar-refractivity contribution in [3.05, 3.63) is 78.9 Å². The number of phenolic OH excluding ortho intramolecular Hbond substituents is 2. The fraction of sp³-hybridized carbons (Fsp3) is 0. The van der Waals surface area contributed by atoms with Gasteiger partial charge in [-0.1, -0.05) is 60.7 Å². The van der Waals surface area contributed by atoms with Gasteiger partial charge < -0.3 is 10.2 Å². The van der Waals surface area contributed by atoms with Crippen LogP contribution in [0.15, 0.2) is 78.9 Å². The SMILES string of the molecule is Oc1cc(O)c2ccccc2c1-c1c2ccccc2nc2ccccc12. The molecular weight excluding hydrogens is 322 g/mol. The lowest BCUT2D eigenvalue weighted by Gasteiger charge is -2.15. The molecule has 1 heterocycles. The minimum atomic E-state index is 0.0581. The summed E-state index contributed by atoms with van der Waals surface area (Å²) in [7, 11) is 0. The highest BCUT2D eigenvalue weighted by Crippen LogP contribution is 2.45. The van der Waals surface area contributed by atoms with Crippen LogP contribution in [-0.4, -0.2) is 15.2 Å². The zero-order valence-corrected chi connectivity index (χ0v) is 13.8. The standard InChI is InChI=1S/C23H15NO2/c25-20-13-21(26)23(15-8-2-1-7-14(15)20)22-16-9-3-5-11-18(16)24-19-12-6-4-10-17(19)22/h1-13,25-26H. The lowest BCUT2D eigenvalue weighted by atomic mass is 9.91. The summed E-state index contributed by atoms with van der Waals surface area (Å²) in [6.45, 7) is 0. The predicted octanol–water partition coefficient (Wildman–Crippen LogP) is 5.62. The molecule has 124 valence electrons. The highest BCUT2D eigenvalue weighted by Gasteiger charge is 2.18. The molecule has 0 amide bonds. The Hall–Kier alpha value is -3.59. The van der Waals surface area contributed by atoms with Crippen LogP contribution in [0.1, 0.15) is 0 Å². The minimum Gasteiger partial charge on any atom is -0.507 e. The van der Waals surface area contributed by atoms with Crippen LogP contribution in [0.25, 0.3) is 43.7 Å². The summed E-state index contributed by atoms with van der Waals surface area (Å²) in [6, 6.07) is 24.9. The molecule has 3 heteroatoms. The van der Waals surface area contributed by atoms with E-state index in [0.29, 0.717) is 10.9 Å². The molecule has 0 aliphatic carbocycles. The number of hydrogen-bond acceptors (Lipinski definition) is 3. The Balaban J connectivity index is 2.07. The molecule has 2 N–H and O–H groups in total. The van der Waals surface area contributed by atoms with Gasteiger partial charge >= 0.3 is 0 Å². The van der Waals surface area contributed by atoms with Crippen molar-refractivity contribution in [2.45, 2.75) is 0 Å². The third-order valence-corrected chi connectivity index (χ3v) is 4.84. The van der Waals surface area contributed by atoms with Crippen molar-refractivity contribution >= 4 is 32.6 Å². The van der Waals surface area contributed by atoms with Crippen LogP contribution in [-0.2, 0) is 0 Å². The van der Waals surface area contributed by atoms with E-state index in [-0.39, 0.29) is 11.5 Å². The molecule has 5 aromatic rings. The summed E-state index contributed by atoms with van der Waals surface area (Å²) < 4.78 is 0.